The number of hydrogen-bond donors (Lipinski definition) is 4. The molecule has 23 heavy (non-hydrogen) atoms. The van der Waals surface area contributed by atoms with Crippen molar-refractivity contribution >= 4 is 29.9 Å². The molecule has 0 fully saturated rings. The van der Waals surface area contributed by atoms with Crippen LogP contribution in [0.25, 0.3) is 0 Å². The third-order valence-electron chi connectivity index (χ3n) is 3.01. The molecule has 9 nitrogen and oxygen atoms in total. The summed E-state index contributed by atoms with van der Waals surface area (Å²) in [6.07, 6.45) is 4.41. The van der Waals surface area contributed by atoms with Crippen LogP contribution in [0.3, 0.4) is 0 Å². The Bertz CT molecular complexity index is 541. The number of aliphatic carboxylic acids is 1. The molecule has 1 atom stereocenters. The molecule has 1 rings (SSSR count). The van der Waals surface area contributed by atoms with Gasteiger partial charge in [0.1, 0.15) is 6.04 Å². The van der Waals surface area contributed by atoms with Crippen LogP contribution in [0.15, 0.2) is 16.8 Å². The van der Waals surface area contributed by atoms with Gasteiger partial charge in [-0.15, -0.1) is 0 Å². The minimum absolute atomic E-state index is 0.00574. The maximum Gasteiger partial charge on any atom is 0.303 e. The lowest BCUT2D eigenvalue weighted by atomic mass is 10.1. The van der Waals surface area contributed by atoms with Crippen molar-refractivity contribution in [1.29, 1.82) is 0 Å². The molecular formula is C14H20N4O5. The lowest BCUT2D eigenvalue weighted by Gasteiger charge is -2.18. The van der Waals surface area contributed by atoms with Crippen molar-refractivity contribution in [2.24, 2.45) is 10.7 Å². The van der Waals surface area contributed by atoms with Gasteiger partial charge in [0, 0.05) is 37.6 Å². The molecule has 0 aliphatic carbocycles. The highest BCUT2D eigenvalue weighted by molar-refractivity contribution is 5.90. The molecule has 0 radical (unpaired) electrons. The fourth-order valence-corrected chi connectivity index (χ4v) is 1.93. The van der Waals surface area contributed by atoms with Crippen molar-refractivity contribution < 1.29 is 24.3 Å². The van der Waals surface area contributed by atoms with E-state index in [4.69, 9.17) is 10.8 Å². The Balaban J connectivity index is 2.56. The summed E-state index contributed by atoms with van der Waals surface area (Å²) in [5.41, 5.74) is 5.63. The molecule has 0 saturated carbocycles. The van der Waals surface area contributed by atoms with Crippen molar-refractivity contribution in [1.82, 2.24) is 10.6 Å². The number of hydrogen-bond acceptors (Lipinski definition) is 5. The minimum Gasteiger partial charge on any atom is -0.481 e. The van der Waals surface area contributed by atoms with E-state index >= 15 is 0 Å². The van der Waals surface area contributed by atoms with E-state index in [0.29, 0.717) is 12.1 Å². The van der Waals surface area contributed by atoms with Crippen LogP contribution in [0.1, 0.15) is 32.1 Å². The first kappa shape index (κ1) is 18.3. The maximum atomic E-state index is 12.0. The number of carbonyl (C=O) groups is 4. The van der Waals surface area contributed by atoms with Crippen molar-refractivity contribution in [3.05, 3.63) is 11.8 Å². The van der Waals surface area contributed by atoms with Gasteiger partial charge in [-0.05, 0) is 6.42 Å². The van der Waals surface area contributed by atoms with Gasteiger partial charge in [0.25, 0.3) is 0 Å². The van der Waals surface area contributed by atoms with Gasteiger partial charge in [-0.25, -0.2) is 0 Å². The van der Waals surface area contributed by atoms with Crippen LogP contribution in [0.5, 0.6) is 0 Å². The van der Waals surface area contributed by atoms with Gasteiger partial charge in [0.15, 0.2) is 0 Å². The zero-order chi connectivity index (χ0) is 17.2. The van der Waals surface area contributed by atoms with Gasteiger partial charge in [-0.3, -0.25) is 24.2 Å². The van der Waals surface area contributed by atoms with Gasteiger partial charge in [-0.2, -0.15) is 0 Å². The molecule has 0 spiro atoms. The lowest BCUT2D eigenvalue weighted by Crippen LogP contribution is -2.48. The molecule has 3 amide bonds. The molecular weight excluding hydrogens is 304 g/mol. The first-order chi connectivity index (χ1) is 10.9. The second-order valence-electron chi connectivity index (χ2n) is 5.00. The molecule has 0 aromatic carbocycles. The predicted molar refractivity (Wildman–Crippen MR) is 81.4 cm³/mol. The standard InChI is InChI=1S/C14H20N4O5/c15-11(19)8-17-14(23)10(7-9-3-2-6-16-9)18-12(20)4-1-5-13(21)22/h3,6,10H,1-2,4-5,7-8H2,(H2,15,19)(H,17,23)(H,18,20)(H,21,22). The van der Waals surface area contributed by atoms with E-state index in [-0.39, 0.29) is 32.2 Å². The van der Waals surface area contributed by atoms with Crippen LogP contribution >= 0.6 is 0 Å². The van der Waals surface area contributed by atoms with Crippen LogP contribution in [-0.4, -0.2) is 47.6 Å². The number of rotatable bonds is 10. The molecule has 126 valence electrons. The Morgan fingerprint density at radius 1 is 1.30 bits per heavy atom. The van der Waals surface area contributed by atoms with E-state index in [0.717, 1.165) is 0 Å². The van der Waals surface area contributed by atoms with Crippen LogP contribution < -0.4 is 16.4 Å². The first-order valence-electron chi connectivity index (χ1n) is 7.17. The Kier molecular flexibility index (Phi) is 7.44. The molecule has 0 aromatic rings. The number of carboxylic acids is 1. The predicted octanol–water partition coefficient (Wildman–Crippen LogP) is -0.924. The van der Waals surface area contributed by atoms with E-state index in [9.17, 15) is 19.2 Å². The average Bonchev–Trinajstić information content (AvgIpc) is 2.96. The van der Waals surface area contributed by atoms with Gasteiger partial charge >= 0.3 is 5.97 Å². The fraction of sp³-hybridized carbons (Fsp3) is 0.500. The van der Waals surface area contributed by atoms with Crippen molar-refractivity contribution in [3.8, 4) is 0 Å². The zero-order valence-corrected chi connectivity index (χ0v) is 12.6. The average molecular weight is 324 g/mol. The molecule has 1 aliphatic rings. The molecule has 1 unspecified atom stereocenters. The third kappa shape index (κ3) is 7.74. The lowest BCUT2D eigenvalue weighted by molar-refractivity contribution is -0.137. The summed E-state index contributed by atoms with van der Waals surface area (Å²) in [5, 5.41) is 13.4. The number of primary amides is 1. The highest BCUT2D eigenvalue weighted by atomic mass is 16.4. The number of nitrogens with two attached hydrogens (primary N) is 1. The Morgan fingerprint density at radius 2 is 2.04 bits per heavy atom. The van der Waals surface area contributed by atoms with Gasteiger partial charge < -0.3 is 21.5 Å². The van der Waals surface area contributed by atoms with Crippen molar-refractivity contribution in [3.63, 3.8) is 0 Å². The largest absolute Gasteiger partial charge is 0.481 e. The van der Waals surface area contributed by atoms with Gasteiger partial charge in [0.2, 0.25) is 17.7 Å². The Labute approximate surface area is 133 Å². The minimum atomic E-state index is -0.987. The number of carbonyl (C=O) groups excluding carboxylic acids is 3. The monoisotopic (exact) mass is 324 g/mol. The normalized spacial score (nSPS) is 14.0. The summed E-state index contributed by atoms with van der Waals surface area (Å²) >= 11 is 0. The van der Waals surface area contributed by atoms with Gasteiger partial charge in [0.05, 0.1) is 6.54 Å². The number of carboxylic acid groups (broad SMARTS) is 1. The molecule has 0 bridgehead atoms. The number of aliphatic imine (C=N–C) groups is 1. The van der Waals surface area contributed by atoms with Crippen LogP contribution in [0, 0.1) is 0 Å². The topological polar surface area (TPSA) is 151 Å². The summed E-state index contributed by atoms with van der Waals surface area (Å²) in [5.74, 6) is -2.66. The van der Waals surface area contributed by atoms with E-state index in [1.165, 1.54) is 0 Å². The molecule has 9 heteroatoms. The fourth-order valence-electron chi connectivity index (χ4n) is 1.93. The van der Waals surface area contributed by atoms with Crippen LogP contribution in [0.2, 0.25) is 0 Å². The van der Waals surface area contributed by atoms with Crippen molar-refractivity contribution in [2.75, 3.05) is 6.54 Å². The maximum absolute atomic E-state index is 12.0. The van der Waals surface area contributed by atoms with Crippen molar-refractivity contribution in [2.45, 2.75) is 38.1 Å². The SMILES string of the molecule is NC(=O)CNC(=O)C(CC1=CCC=N1)NC(=O)CCCC(=O)O. The number of nitrogens with zero attached hydrogens (tertiary/aromatic N) is 1. The molecule has 1 heterocycles. The molecule has 1 aliphatic heterocycles. The summed E-state index contributed by atoms with van der Waals surface area (Å²) in [4.78, 5) is 49.1. The van der Waals surface area contributed by atoms with Crippen LogP contribution in [-0.2, 0) is 19.2 Å². The quantitative estimate of drug-likeness (QED) is 0.409. The second kappa shape index (κ2) is 9.34. The number of nitrogens with one attached hydrogen (secondary N) is 2. The summed E-state index contributed by atoms with van der Waals surface area (Å²) in [6, 6.07) is -0.895. The van der Waals surface area contributed by atoms with E-state index in [1.54, 1.807) is 6.21 Å². The molecule has 0 aromatic heterocycles. The second-order valence-corrected chi connectivity index (χ2v) is 5.00. The zero-order valence-electron chi connectivity index (χ0n) is 12.6. The highest BCUT2D eigenvalue weighted by Crippen LogP contribution is 2.13. The smallest absolute Gasteiger partial charge is 0.303 e. The Hall–Kier alpha value is -2.71. The Morgan fingerprint density at radius 3 is 2.61 bits per heavy atom. The highest BCUT2D eigenvalue weighted by Gasteiger charge is 2.22. The molecule has 5 N–H and O–H groups in total. The molecule has 0 saturated heterocycles. The number of allylic oxidation sites excluding steroid dienone is 1. The summed E-state index contributed by atoms with van der Waals surface area (Å²) in [7, 11) is 0. The van der Waals surface area contributed by atoms with E-state index < -0.39 is 29.7 Å². The van der Waals surface area contributed by atoms with Gasteiger partial charge in [-0.1, -0.05) is 6.08 Å². The number of amides is 3. The first-order valence-corrected chi connectivity index (χ1v) is 7.17. The van der Waals surface area contributed by atoms with E-state index in [1.807, 2.05) is 6.08 Å². The van der Waals surface area contributed by atoms with E-state index in [2.05, 4.69) is 15.6 Å². The third-order valence-corrected chi connectivity index (χ3v) is 3.01. The summed E-state index contributed by atoms with van der Waals surface area (Å²) < 4.78 is 0. The summed E-state index contributed by atoms with van der Waals surface area (Å²) in [6.45, 7) is -0.327. The van der Waals surface area contributed by atoms with Crippen LogP contribution in [0.4, 0.5) is 0 Å².